The number of hydrogen-bond acceptors (Lipinski definition) is 3. The van der Waals surface area contributed by atoms with Gasteiger partial charge in [-0.05, 0) is 36.6 Å². The first-order chi connectivity index (χ1) is 8.15. The number of esters is 1. The third kappa shape index (κ3) is 3.54. The van der Waals surface area contributed by atoms with Gasteiger partial charge in [-0.1, -0.05) is 35.0 Å². The van der Waals surface area contributed by atoms with E-state index in [1.54, 1.807) is 0 Å². The van der Waals surface area contributed by atoms with E-state index >= 15 is 0 Å². The van der Waals surface area contributed by atoms with E-state index in [0.717, 1.165) is 23.0 Å². The van der Waals surface area contributed by atoms with Gasteiger partial charge in [0, 0.05) is 4.47 Å². The van der Waals surface area contributed by atoms with Gasteiger partial charge in [-0.15, -0.1) is 0 Å². The third-order valence-corrected chi connectivity index (χ3v) is 3.46. The molecule has 4 heteroatoms. The molecular formula is C13H16BrNO2. The van der Waals surface area contributed by atoms with Crippen LogP contribution in [0.3, 0.4) is 0 Å². The Morgan fingerprint density at radius 3 is 2.76 bits per heavy atom. The van der Waals surface area contributed by atoms with Crippen LogP contribution in [0.25, 0.3) is 0 Å². The zero-order valence-electron chi connectivity index (χ0n) is 9.78. The molecule has 2 unspecified atom stereocenters. The lowest BCUT2D eigenvalue weighted by molar-refractivity contribution is -0.147. The molecule has 92 valence electrons. The Morgan fingerprint density at radius 2 is 2.18 bits per heavy atom. The normalized spacial score (nSPS) is 23.6. The maximum Gasteiger partial charge on any atom is 0.323 e. The highest BCUT2D eigenvalue weighted by molar-refractivity contribution is 9.10. The molecule has 1 aromatic carbocycles. The first-order valence-corrected chi connectivity index (χ1v) is 6.59. The second-order valence-corrected chi connectivity index (χ2v) is 5.45. The van der Waals surface area contributed by atoms with Crippen LogP contribution in [0.4, 0.5) is 0 Å². The zero-order chi connectivity index (χ0) is 12.3. The summed E-state index contributed by atoms with van der Waals surface area (Å²) in [5, 5.41) is 3.17. The Hall–Kier alpha value is -0.870. The summed E-state index contributed by atoms with van der Waals surface area (Å²) in [6.07, 6.45) is 0.874. The standard InChI is InChI=1S/C13H16BrNO2/c1-9-6-12(15-7-9)13(16)17-8-10-2-4-11(14)5-3-10/h2-5,9,12,15H,6-8H2,1H3. The summed E-state index contributed by atoms with van der Waals surface area (Å²) >= 11 is 3.37. The van der Waals surface area contributed by atoms with E-state index in [4.69, 9.17) is 4.74 Å². The Kier molecular flexibility index (Phi) is 4.18. The molecule has 1 aliphatic heterocycles. The fraction of sp³-hybridized carbons (Fsp3) is 0.462. The zero-order valence-corrected chi connectivity index (χ0v) is 11.4. The number of carbonyl (C=O) groups excluding carboxylic acids is 1. The minimum atomic E-state index is -0.141. The number of ether oxygens (including phenoxy) is 1. The van der Waals surface area contributed by atoms with Gasteiger partial charge >= 0.3 is 5.97 Å². The summed E-state index contributed by atoms with van der Waals surface area (Å²) in [4.78, 5) is 11.7. The van der Waals surface area contributed by atoms with Crippen molar-refractivity contribution in [3.8, 4) is 0 Å². The molecule has 0 amide bonds. The van der Waals surface area contributed by atoms with E-state index in [9.17, 15) is 4.79 Å². The van der Waals surface area contributed by atoms with Gasteiger partial charge in [-0.25, -0.2) is 0 Å². The Morgan fingerprint density at radius 1 is 1.47 bits per heavy atom. The van der Waals surface area contributed by atoms with E-state index in [0.29, 0.717) is 12.5 Å². The second kappa shape index (κ2) is 5.65. The van der Waals surface area contributed by atoms with Gasteiger partial charge in [0.05, 0.1) is 0 Å². The van der Waals surface area contributed by atoms with Gasteiger partial charge in [0.15, 0.2) is 0 Å². The van der Waals surface area contributed by atoms with Gasteiger partial charge in [0.1, 0.15) is 12.6 Å². The van der Waals surface area contributed by atoms with Crippen molar-refractivity contribution < 1.29 is 9.53 Å². The van der Waals surface area contributed by atoms with Crippen molar-refractivity contribution in [1.29, 1.82) is 0 Å². The highest BCUT2D eigenvalue weighted by Crippen LogP contribution is 2.15. The van der Waals surface area contributed by atoms with E-state index in [-0.39, 0.29) is 12.0 Å². The van der Waals surface area contributed by atoms with Crippen molar-refractivity contribution in [3.05, 3.63) is 34.3 Å². The Balaban J connectivity index is 1.82. The molecule has 2 rings (SSSR count). The quantitative estimate of drug-likeness (QED) is 0.871. The maximum atomic E-state index is 11.7. The lowest BCUT2D eigenvalue weighted by Gasteiger charge is -2.10. The van der Waals surface area contributed by atoms with Crippen molar-refractivity contribution in [3.63, 3.8) is 0 Å². The third-order valence-electron chi connectivity index (χ3n) is 2.93. The Bertz CT molecular complexity index is 391. The van der Waals surface area contributed by atoms with Crippen LogP contribution in [-0.2, 0) is 16.1 Å². The number of rotatable bonds is 3. The molecule has 0 bridgehead atoms. The van der Waals surface area contributed by atoms with Gasteiger partial charge in [0.25, 0.3) is 0 Å². The molecule has 2 atom stereocenters. The summed E-state index contributed by atoms with van der Waals surface area (Å²) in [7, 11) is 0. The van der Waals surface area contributed by atoms with Crippen molar-refractivity contribution in [1.82, 2.24) is 5.32 Å². The first-order valence-electron chi connectivity index (χ1n) is 5.79. The molecular weight excluding hydrogens is 282 g/mol. The van der Waals surface area contributed by atoms with Gasteiger partial charge in [-0.3, -0.25) is 4.79 Å². The number of carbonyl (C=O) groups is 1. The molecule has 1 saturated heterocycles. The molecule has 1 heterocycles. The predicted octanol–water partition coefficient (Wildman–Crippen LogP) is 2.49. The van der Waals surface area contributed by atoms with Crippen LogP contribution in [0.2, 0.25) is 0 Å². The van der Waals surface area contributed by atoms with Crippen molar-refractivity contribution in [2.75, 3.05) is 6.54 Å². The molecule has 1 N–H and O–H groups in total. The largest absolute Gasteiger partial charge is 0.460 e. The second-order valence-electron chi connectivity index (χ2n) is 4.54. The van der Waals surface area contributed by atoms with Crippen LogP contribution >= 0.6 is 15.9 Å². The molecule has 1 aliphatic rings. The van der Waals surface area contributed by atoms with Crippen LogP contribution in [0.5, 0.6) is 0 Å². The highest BCUT2D eigenvalue weighted by atomic mass is 79.9. The minimum absolute atomic E-state index is 0.125. The average molecular weight is 298 g/mol. The lowest BCUT2D eigenvalue weighted by Crippen LogP contribution is -2.32. The number of halogens is 1. The summed E-state index contributed by atoms with van der Waals surface area (Å²) in [6.45, 7) is 3.38. The predicted molar refractivity (Wildman–Crippen MR) is 69.5 cm³/mol. The monoisotopic (exact) mass is 297 g/mol. The van der Waals surface area contributed by atoms with Crippen LogP contribution < -0.4 is 5.32 Å². The smallest absolute Gasteiger partial charge is 0.323 e. The summed E-state index contributed by atoms with van der Waals surface area (Å²) in [5.74, 6) is 0.414. The number of benzene rings is 1. The fourth-order valence-electron chi connectivity index (χ4n) is 1.93. The highest BCUT2D eigenvalue weighted by Gasteiger charge is 2.27. The van der Waals surface area contributed by atoms with Crippen LogP contribution in [0.15, 0.2) is 28.7 Å². The van der Waals surface area contributed by atoms with E-state index in [2.05, 4.69) is 28.2 Å². The molecule has 0 spiro atoms. The lowest BCUT2D eigenvalue weighted by atomic mass is 10.1. The van der Waals surface area contributed by atoms with Crippen LogP contribution in [0, 0.1) is 5.92 Å². The van der Waals surface area contributed by atoms with Gasteiger partial charge in [0.2, 0.25) is 0 Å². The minimum Gasteiger partial charge on any atom is -0.460 e. The molecule has 1 fully saturated rings. The van der Waals surface area contributed by atoms with Crippen LogP contribution in [0.1, 0.15) is 18.9 Å². The number of hydrogen-bond donors (Lipinski definition) is 1. The van der Waals surface area contributed by atoms with E-state index < -0.39 is 0 Å². The summed E-state index contributed by atoms with van der Waals surface area (Å²) in [5.41, 5.74) is 1.01. The molecule has 0 aliphatic carbocycles. The molecule has 0 radical (unpaired) electrons. The van der Waals surface area contributed by atoms with Gasteiger partial charge < -0.3 is 10.1 Å². The van der Waals surface area contributed by atoms with Crippen molar-refractivity contribution in [2.24, 2.45) is 5.92 Å². The molecule has 1 aromatic rings. The van der Waals surface area contributed by atoms with Crippen LogP contribution in [-0.4, -0.2) is 18.6 Å². The average Bonchev–Trinajstić information content (AvgIpc) is 2.75. The number of nitrogens with one attached hydrogen (secondary N) is 1. The SMILES string of the molecule is CC1CNC(C(=O)OCc2ccc(Br)cc2)C1. The van der Waals surface area contributed by atoms with E-state index in [1.807, 2.05) is 24.3 Å². The molecule has 3 nitrogen and oxygen atoms in total. The molecule has 17 heavy (non-hydrogen) atoms. The Labute approximate surface area is 110 Å². The molecule has 0 saturated carbocycles. The van der Waals surface area contributed by atoms with E-state index in [1.165, 1.54) is 0 Å². The fourth-order valence-corrected chi connectivity index (χ4v) is 2.19. The van der Waals surface area contributed by atoms with Crippen molar-refractivity contribution >= 4 is 21.9 Å². The summed E-state index contributed by atoms with van der Waals surface area (Å²) in [6, 6.07) is 7.66. The van der Waals surface area contributed by atoms with Gasteiger partial charge in [-0.2, -0.15) is 0 Å². The first kappa shape index (κ1) is 12.6. The maximum absolute atomic E-state index is 11.7. The van der Waals surface area contributed by atoms with Crippen molar-refractivity contribution in [2.45, 2.75) is 26.0 Å². The topological polar surface area (TPSA) is 38.3 Å². The summed E-state index contributed by atoms with van der Waals surface area (Å²) < 4.78 is 6.31. The molecule has 0 aromatic heterocycles.